The Morgan fingerprint density at radius 3 is 2.48 bits per heavy atom. The van der Waals surface area contributed by atoms with E-state index in [-0.39, 0.29) is 6.04 Å². The van der Waals surface area contributed by atoms with Crippen molar-refractivity contribution in [3.63, 3.8) is 0 Å². The standard InChI is InChI=1S/C17H26N4/c1-5-7-21-17(19-12-20-21)11-16(18-6-2)15-9-13(3)8-14(4)10-15/h8-10,12,16,18H,5-7,11H2,1-4H3. The monoisotopic (exact) mass is 286 g/mol. The fraction of sp³-hybridized carbons (Fsp3) is 0.529. The van der Waals surface area contributed by atoms with Crippen molar-refractivity contribution in [3.8, 4) is 0 Å². The van der Waals surface area contributed by atoms with Crippen molar-refractivity contribution in [1.29, 1.82) is 0 Å². The SMILES string of the molecule is CCCn1ncnc1CC(NCC)c1cc(C)cc(C)c1. The molecule has 1 heterocycles. The average Bonchev–Trinajstić information content (AvgIpc) is 2.85. The van der Waals surface area contributed by atoms with Gasteiger partial charge in [-0.15, -0.1) is 0 Å². The number of benzene rings is 1. The normalized spacial score (nSPS) is 12.6. The predicted octanol–water partition coefficient (Wildman–Crippen LogP) is 3.20. The van der Waals surface area contributed by atoms with Crippen LogP contribution in [0.5, 0.6) is 0 Å². The smallest absolute Gasteiger partial charge is 0.138 e. The predicted molar refractivity (Wildman–Crippen MR) is 86.4 cm³/mol. The second-order valence-electron chi connectivity index (χ2n) is 5.63. The molecule has 0 amide bonds. The van der Waals surface area contributed by atoms with Gasteiger partial charge in [0.25, 0.3) is 0 Å². The van der Waals surface area contributed by atoms with E-state index in [0.29, 0.717) is 0 Å². The lowest BCUT2D eigenvalue weighted by atomic mass is 9.98. The third-order valence-electron chi connectivity index (χ3n) is 3.61. The van der Waals surface area contributed by atoms with Gasteiger partial charge in [0.2, 0.25) is 0 Å². The van der Waals surface area contributed by atoms with Gasteiger partial charge in [0.05, 0.1) is 0 Å². The molecule has 1 N–H and O–H groups in total. The number of aryl methyl sites for hydroxylation is 3. The Kier molecular flexibility index (Phi) is 5.51. The molecule has 2 aromatic rings. The highest BCUT2D eigenvalue weighted by Gasteiger charge is 2.15. The van der Waals surface area contributed by atoms with E-state index < -0.39 is 0 Å². The number of hydrogen-bond acceptors (Lipinski definition) is 3. The number of nitrogens with one attached hydrogen (secondary N) is 1. The molecule has 1 aromatic carbocycles. The first-order valence-corrected chi connectivity index (χ1v) is 7.82. The fourth-order valence-electron chi connectivity index (χ4n) is 2.79. The maximum Gasteiger partial charge on any atom is 0.138 e. The van der Waals surface area contributed by atoms with Gasteiger partial charge in [-0.2, -0.15) is 5.10 Å². The molecule has 1 atom stereocenters. The molecule has 2 rings (SSSR count). The highest BCUT2D eigenvalue weighted by molar-refractivity contribution is 5.31. The van der Waals surface area contributed by atoms with Gasteiger partial charge in [-0.25, -0.2) is 4.98 Å². The number of likely N-dealkylation sites (N-methyl/N-ethyl adjacent to an activating group) is 1. The molecule has 0 saturated heterocycles. The molecule has 4 heteroatoms. The Morgan fingerprint density at radius 1 is 1.14 bits per heavy atom. The summed E-state index contributed by atoms with van der Waals surface area (Å²) in [6.45, 7) is 10.5. The second kappa shape index (κ2) is 7.36. The first-order chi connectivity index (χ1) is 10.1. The molecule has 0 aliphatic rings. The summed E-state index contributed by atoms with van der Waals surface area (Å²) >= 11 is 0. The van der Waals surface area contributed by atoms with E-state index in [9.17, 15) is 0 Å². The van der Waals surface area contributed by atoms with Crippen LogP contribution in [-0.2, 0) is 13.0 Å². The highest BCUT2D eigenvalue weighted by Crippen LogP contribution is 2.20. The van der Waals surface area contributed by atoms with Gasteiger partial charge < -0.3 is 5.32 Å². The van der Waals surface area contributed by atoms with E-state index in [2.05, 4.69) is 61.3 Å². The molecule has 0 spiro atoms. The number of aromatic nitrogens is 3. The van der Waals surface area contributed by atoms with Crippen molar-refractivity contribution in [2.24, 2.45) is 0 Å². The Bertz CT molecular complexity index is 554. The van der Waals surface area contributed by atoms with Crippen LogP contribution in [0, 0.1) is 13.8 Å². The summed E-state index contributed by atoms with van der Waals surface area (Å²) in [5, 5.41) is 7.91. The van der Waals surface area contributed by atoms with Crippen molar-refractivity contribution < 1.29 is 0 Å². The minimum atomic E-state index is 0.286. The lowest BCUT2D eigenvalue weighted by Crippen LogP contribution is -2.24. The lowest BCUT2D eigenvalue weighted by molar-refractivity contribution is 0.498. The minimum absolute atomic E-state index is 0.286. The van der Waals surface area contributed by atoms with Crippen LogP contribution in [0.3, 0.4) is 0 Å². The van der Waals surface area contributed by atoms with Crippen LogP contribution in [0.4, 0.5) is 0 Å². The van der Waals surface area contributed by atoms with Crippen molar-refractivity contribution in [2.75, 3.05) is 6.54 Å². The van der Waals surface area contributed by atoms with Crippen molar-refractivity contribution in [2.45, 2.75) is 53.1 Å². The van der Waals surface area contributed by atoms with Crippen LogP contribution in [0.2, 0.25) is 0 Å². The van der Waals surface area contributed by atoms with E-state index >= 15 is 0 Å². The van der Waals surface area contributed by atoms with Crippen LogP contribution < -0.4 is 5.32 Å². The van der Waals surface area contributed by atoms with E-state index in [4.69, 9.17) is 0 Å². The highest BCUT2D eigenvalue weighted by atomic mass is 15.3. The van der Waals surface area contributed by atoms with Crippen LogP contribution in [0.15, 0.2) is 24.5 Å². The molecule has 114 valence electrons. The minimum Gasteiger partial charge on any atom is -0.310 e. The number of rotatable bonds is 7. The van der Waals surface area contributed by atoms with Gasteiger partial charge in [-0.1, -0.05) is 43.2 Å². The van der Waals surface area contributed by atoms with Crippen molar-refractivity contribution in [1.82, 2.24) is 20.1 Å². The fourth-order valence-corrected chi connectivity index (χ4v) is 2.79. The summed E-state index contributed by atoms with van der Waals surface area (Å²) in [5.74, 6) is 1.06. The Labute approximate surface area is 127 Å². The Morgan fingerprint density at radius 2 is 1.86 bits per heavy atom. The summed E-state index contributed by atoms with van der Waals surface area (Å²) in [5.41, 5.74) is 3.95. The Balaban J connectivity index is 2.24. The third-order valence-corrected chi connectivity index (χ3v) is 3.61. The van der Waals surface area contributed by atoms with Gasteiger partial charge in [0, 0.05) is 19.0 Å². The average molecular weight is 286 g/mol. The molecule has 0 aliphatic heterocycles. The molecule has 0 radical (unpaired) electrons. The molecular weight excluding hydrogens is 260 g/mol. The van der Waals surface area contributed by atoms with E-state index in [0.717, 1.165) is 31.8 Å². The first kappa shape index (κ1) is 15.7. The van der Waals surface area contributed by atoms with Gasteiger partial charge in [0.15, 0.2) is 0 Å². The van der Waals surface area contributed by atoms with Gasteiger partial charge in [-0.05, 0) is 32.4 Å². The lowest BCUT2D eigenvalue weighted by Gasteiger charge is -2.19. The molecule has 0 aliphatic carbocycles. The maximum absolute atomic E-state index is 4.44. The molecule has 1 aromatic heterocycles. The molecule has 4 nitrogen and oxygen atoms in total. The zero-order valence-corrected chi connectivity index (χ0v) is 13.6. The van der Waals surface area contributed by atoms with Gasteiger partial charge >= 0.3 is 0 Å². The summed E-state index contributed by atoms with van der Waals surface area (Å²) < 4.78 is 2.02. The molecule has 21 heavy (non-hydrogen) atoms. The zero-order valence-electron chi connectivity index (χ0n) is 13.6. The molecule has 0 fully saturated rings. The molecule has 0 bridgehead atoms. The summed E-state index contributed by atoms with van der Waals surface area (Å²) in [7, 11) is 0. The van der Waals surface area contributed by atoms with Gasteiger partial charge in [0.1, 0.15) is 12.2 Å². The Hall–Kier alpha value is -1.68. The maximum atomic E-state index is 4.44. The van der Waals surface area contributed by atoms with Crippen molar-refractivity contribution >= 4 is 0 Å². The molecular formula is C17H26N4. The summed E-state index contributed by atoms with van der Waals surface area (Å²) in [6, 6.07) is 7.03. The van der Waals surface area contributed by atoms with Crippen molar-refractivity contribution in [3.05, 3.63) is 47.0 Å². The molecule has 0 saturated carbocycles. The van der Waals surface area contributed by atoms with E-state index in [1.54, 1.807) is 6.33 Å². The first-order valence-electron chi connectivity index (χ1n) is 7.82. The number of hydrogen-bond donors (Lipinski definition) is 1. The summed E-state index contributed by atoms with van der Waals surface area (Å²) in [6.07, 6.45) is 3.61. The quantitative estimate of drug-likeness (QED) is 0.850. The zero-order chi connectivity index (χ0) is 15.2. The van der Waals surface area contributed by atoms with Crippen LogP contribution in [0.1, 0.15) is 48.8 Å². The van der Waals surface area contributed by atoms with E-state index in [1.165, 1.54) is 16.7 Å². The van der Waals surface area contributed by atoms with Crippen LogP contribution in [-0.4, -0.2) is 21.3 Å². The third kappa shape index (κ3) is 4.14. The second-order valence-corrected chi connectivity index (χ2v) is 5.63. The largest absolute Gasteiger partial charge is 0.310 e. The number of nitrogens with zero attached hydrogens (tertiary/aromatic N) is 3. The van der Waals surface area contributed by atoms with Crippen LogP contribution in [0.25, 0.3) is 0 Å². The van der Waals surface area contributed by atoms with Gasteiger partial charge in [-0.3, -0.25) is 4.68 Å². The summed E-state index contributed by atoms with van der Waals surface area (Å²) in [4.78, 5) is 4.44. The molecule has 1 unspecified atom stereocenters. The van der Waals surface area contributed by atoms with Crippen LogP contribution >= 0.6 is 0 Å². The topological polar surface area (TPSA) is 42.7 Å². The van der Waals surface area contributed by atoms with E-state index in [1.807, 2.05) is 4.68 Å².